The number of aryl methyl sites for hydroxylation is 2. The van der Waals surface area contributed by atoms with Crippen LogP contribution >= 0.6 is 0 Å². The van der Waals surface area contributed by atoms with Crippen molar-refractivity contribution in [3.05, 3.63) is 63.4 Å². The Morgan fingerprint density at radius 3 is 2.61 bits per heavy atom. The van der Waals surface area contributed by atoms with Crippen LogP contribution < -0.4 is 14.8 Å². The largest absolute Gasteiger partial charge is 0.495 e. The Morgan fingerprint density at radius 1 is 1.23 bits per heavy atom. The van der Waals surface area contributed by atoms with Crippen molar-refractivity contribution < 1.29 is 23.6 Å². The molecule has 2 aromatic carbocycles. The normalized spacial score (nSPS) is 11.5. The molecule has 31 heavy (non-hydrogen) atoms. The number of anilines is 1. The van der Waals surface area contributed by atoms with Crippen LogP contribution in [-0.2, 0) is 4.79 Å². The van der Waals surface area contributed by atoms with Crippen molar-refractivity contribution in [1.29, 1.82) is 0 Å². The molecular weight excluding hydrogens is 400 g/mol. The number of carbonyl (C=O) groups excluding carboxylic acids is 1. The minimum absolute atomic E-state index is 0.147. The SMILES string of the molecule is CCOc1cc2oc(C)c(C)c2cc1/C(C)=C/C(=O)Nc1cc([N+](=O)[O-])ccc1OC. The number of nitrogens with one attached hydrogen (secondary N) is 1. The van der Waals surface area contributed by atoms with Crippen molar-refractivity contribution in [3.8, 4) is 11.5 Å². The fourth-order valence-electron chi connectivity index (χ4n) is 3.30. The van der Waals surface area contributed by atoms with E-state index in [1.54, 1.807) is 6.92 Å². The van der Waals surface area contributed by atoms with Crippen LogP contribution in [0.3, 0.4) is 0 Å². The first kappa shape index (κ1) is 21.9. The van der Waals surface area contributed by atoms with E-state index in [9.17, 15) is 14.9 Å². The molecule has 0 atom stereocenters. The number of nitrogens with zero attached hydrogens (tertiary/aromatic N) is 1. The van der Waals surface area contributed by atoms with Crippen LogP contribution in [0.2, 0.25) is 0 Å². The van der Waals surface area contributed by atoms with Crippen LogP contribution in [0, 0.1) is 24.0 Å². The zero-order valence-electron chi connectivity index (χ0n) is 18.1. The first-order chi connectivity index (χ1) is 14.7. The third-order valence-electron chi connectivity index (χ3n) is 5.00. The highest BCUT2D eigenvalue weighted by Gasteiger charge is 2.16. The first-order valence-corrected chi connectivity index (χ1v) is 9.73. The van der Waals surface area contributed by atoms with Crippen molar-refractivity contribution in [2.75, 3.05) is 19.0 Å². The second kappa shape index (κ2) is 8.91. The highest BCUT2D eigenvalue weighted by atomic mass is 16.6. The summed E-state index contributed by atoms with van der Waals surface area (Å²) in [6.45, 7) is 8.02. The van der Waals surface area contributed by atoms with Gasteiger partial charge in [0.15, 0.2) is 0 Å². The number of benzene rings is 2. The number of non-ortho nitro benzene ring substituents is 1. The van der Waals surface area contributed by atoms with E-state index < -0.39 is 10.8 Å². The molecule has 0 saturated carbocycles. The molecule has 8 heteroatoms. The molecule has 0 fully saturated rings. The Labute approximate surface area is 179 Å². The topological polar surface area (TPSA) is 104 Å². The van der Waals surface area contributed by atoms with Crippen LogP contribution in [0.5, 0.6) is 11.5 Å². The van der Waals surface area contributed by atoms with Gasteiger partial charge < -0.3 is 19.2 Å². The zero-order valence-corrected chi connectivity index (χ0v) is 18.1. The molecule has 1 aromatic heterocycles. The number of nitro groups is 1. The summed E-state index contributed by atoms with van der Waals surface area (Å²) in [6, 6.07) is 7.78. The summed E-state index contributed by atoms with van der Waals surface area (Å²) >= 11 is 0. The van der Waals surface area contributed by atoms with Gasteiger partial charge in [-0.1, -0.05) is 0 Å². The monoisotopic (exact) mass is 424 g/mol. The smallest absolute Gasteiger partial charge is 0.271 e. The fourth-order valence-corrected chi connectivity index (χ4v) is 3.30. The molecule has 0 aliphatic heterocycles. The number of hydrogen-bond acceptors (Lipinski definition) is 6. The molecule has 8 nitrogen and oxygen atoms in total. The van der Waals surface area contributed by atoms with E-state index in [1.165, 1.54) is 31.4 Å². The molecule has 0 unspecified atom stereocenters. The lowest BCUT2D eigenvalue weighted by atomic mass is 10.0. The lowest BCUT2D eigenvalue weighted by Gasteiger charge is -2.12. The minimum atomic E-state index is -0.533. The third-order valence-corrected chi connectivity index (χ3v) is 5.00. The van der Waals surface area contributed by atoms with Crippen LogP contribution in [0.25, 0.3) is 16.5 Å². The Kier molecular flexibility index (Phi) is 6.29. The summed E-state index contributed by atoms with van der Waals surface area (Å²) in [6.07, 6.45) is 1.42. The molecule has 162 valence electrons. The van der Waals surface area contributed by atoms with Gasteiger partial charge in [-0.05, 0) is 51.0 Å². The number of fused-ring (bicyclic) bond motifs is 1. The average Bonchev–Trinajstić information content (AvgIpc) is 3.00. The van der Waals surface area contributed by atoms with Crippen molar-refractivity contribution in [3.63, 3.8) is 0 Å². The predicted molar refractivity (Wildman–Crippen MR) is 119 cm³/mol. The minimum Gasteiger partial charge on any atom is -0.495 e. The number of allylic oxidation sites excluding steroid dienone is 1. The summed E-state index contributed by atoms with van der Waals surface area (Å²) < 4.78 is 16.8. The molecule has 0 aliphatic carbocycles. The summed E-state index contributed by atoms with van der Waals surface area (Å²) in [5, 5.41) is 14.7. The van der Waals surface area contributed by atoms with Gasteiger partial charge in [-0.3, -0.25) is 14.9 Å². The van der Waals surface area contributed by atoms with Gasteiger partial charge in [0.25, 0.3) is 5.69 Å². The number of rotatable bonds is 7. The summed E-state index contributed by atoms with van der Waals surface area (Å²) in [4.78, 5) is 23.2. The number of ether oxygens (including phenoxy) is 2. The molecule has 0 aliphatic rings. The van der Waals surface area contributed by atoms with Crippen LogP contribution in [-0.4, -0.2) is 24.5 Å². The standard InChI is InChI=1S/C23H24N2O6/c1-6-30-21-12-22-18(14(3)15(4)31-22)11-17(21)13(2)9-23(26)24-19-10-16(25(27)28)7-8-20(19)29-5/h7-12H,6H2,1-5H3,(H,24,26)/b13-9+. The van der Waals surface area contributed by atoms with E-state index in [2.05, 4.69) is 5.32 Å². The van der Waals surface area contributed by atoms with Crippen molar-refractivity contribution >= 4 is 33.8 Å². The third kappa shape index (κ3) is 4.53. The van der Waals surface area contributed by atoms with Gasteiger partial charge in [-0.15, -0.1) is 0 Å². The average molecular weight is 424 g/mol. The van der Waals surface area contributed by atoms with Crippen LogP contribution in [0.1, 0.15) is 30.7 Å². The van der Waals surface area contributed by atoms with E-state index in [1.807, 2.05) is 32.9 Å². The summed E-state index contributed by atoms with van der Waals surface area (Å²) in [7, 11) is 1.43. The van der Waals surface area contributed by atoms with Crippen LogP contribution in [0.15, 0.2) is 40.8 Å². The molecule has 1 N–H and O–H groups in total. The molecular formula is C23H24N2O6. The van der Waals surface area contributed by atoms with Gasteiger partial charge >= 0.3 is 0 Å². The van der Waals surface area contributed by atoms with E-state index >= 15 is 0 Å². The quantitative estimate of drug-likeness (QED) is 0.309. The molecule has 0 bridgehead atoms. The first-order valence-electron chi connectivity index (χ1n) is 9.73. The maximum absolute atomic E-state index is 12.7. The highest BCUT2D eigenvalue weighted by Crippen LogP contribution is 2.35. The second-order valence-corrected chi connectivity index (χ2v) is 7.02. The highest BCUT2D eigenvalue weighted by molar-refractivity contribution is 6.05. The van der Waals surface area contributed by atoms with Crippen molar-refractivity contribution in [1.82, 2.24) is 0 Å². The molecule has 3 aromatic rings. The Morgan fingerprint density at radius 2 is 1.97 bits per heavy atom. The van der Waals surface area contributed by atoms with Gasteiger partial charge in [-0.2, -0.15) is 0 Å². The maximum atomic E-state index is 12.7. The van der Waals surface area contributed by atoms with E-state index in [-0.39, 0.29) is 11.4 Å². The second-order valence-electron chi connectivity index (χ2n) is 7.02. The van der Waals surface area contributed by atoms with Gasteiger partial charge in [0.05, 0.1) is 24.3 Å². The molecule has 3 rings (SSSR count). The predicted octanol–water partition coefficient (Wildman–Crippen LogP) is 5.41. The van der Waals surface area contributed by atoms with E-state index in [4.69, 9.17) is 13.9 Å². The zero-order chi connectivity index (χ0) is 22.7. The van der Waals surface area contributed by atoms with Crippen molar-refractivity contribution in [2.45, 2.75) is 27.7 Å². The van der Waals surface area contributed by atoms with Gasteiger partial charge in [-0.25, -0.2) is 0 Å². The van der Waals surface area contributed by atoms with Gasteiger partial charge in [0, 0.05) is 35.2 Å². The number of hydrogen-bond donors (Lipinski definition) is 1. The number of methoxy groups -OCH3 is 1. The fraction of sp³-hybridized carbons (Fsp3) is 0.261. The van der Waals surface area contributed by atoms with E-state index in [0.717, 1.165) is 27.9 Å². The van der Waals surface area contributed by atoms with Gasteiger partial charge in [0.1, 0.15) is 22.8 Å². The number of amides is 1. The number of nitro benzene ring substituents is 1. The molecule has 1 heterocycles. The molecule has 0 spiro atoms. The Balaban J connectivity index is 1.97. The molecule has 0 radical (unpaired) electrons. The lowest BCUT2D eigenvalue weighted by Crippen LogP contribution is -2.10. The van der Waals surface area contributed by atoms with Crippen molar-refractivity contribution in [2.24, 2.45) is 0 Å². The lowest BCUT2D eigenvalue weighted by molar-refractivity contribution is -0.384. The molecule has 1 amide bonds. The van der Waals surface area contributed by atoms with Crippen LogP contribution in [0.4, 0.5) is 11.4 Å². The maximum Gasteiger partial charge on any atom is 0.271 e. The number of carbonyl (C=O) groups is 1. The Bertz CT molecular complexity index is 1190. The Hall–Kier alpha value is -3.81. The van der Waals surface area contributed by atoms with E-state index in [0.29, 0.717) is 23.7 Å². The summed E-state index contributed by atoms with van der Waals surface area (Å²) in [5.74, 6) is 1.31. The van der Waals surface area contributed by atoms with Gasteiger partial charge in [0.2, 0.25) is 5.91 Å². The summed E-state index contributed by atoms with van der Waals surface area (Å²) in [5.41, 5.74) is 3.25. The number of furan rings is 1. The molecule has 0 saturated heterocycles.